The zero-order chi connectivity index (χ0) is 29.7. The zero-order valence-electron chi connectivity index (χ0n) is 24.0. The summed E-state index contributed by atoms with van der Waals surface area (Å²) in [4.78, 5) is 44.0. The van der Waals surface area contributed by atoms with Crippen molar-refractivity contribution < 1.29 is 28.3 Å². The lowest BCUT2D eigenvalue weighted by Crippen LogP contribution is -2.45. The van der Waals surface area contributed by atoms with Gasteiger partial charge in [-0.15, -0.1) is 6.58 Å². The molecule has 1 spiro atoms. The predicted octanol–water partition coefficient (Wildman–Crippen LogP) is 3.53. The number of rotatable bonds is 8. The number of carbonyl (C=O) groups is 2. The first-order valence-corrected chi connectivity index (χ1v) is 17.1. The lowest BCUT2D eigenvalue weighted by Gasteiger charge is -2.31. The topological polar surface area (TPSA) is 101 Å². The molecule has 3 aliphatic heterocycles. The van der Waals surface area contributed by atoms with E-state index in [9.17, 15) is 19.5 Å². The number of benzene rings is 1. The Hall–Kier alpha value is -3.28. The molecule has 5 rings (SSSR count). The number of anilines is 1. The molecule has 9 nitrogen and oxygen atoms in total. The van der Waals surface area contributed by atoms with E-state index < -0.39 is 31.6 Å². The van der Waals surface area contributed by atoms with Crippen molar-refractivity contribution in [2.24, 2.45) is 5.92 Å². The number of likely N-dealkylation sites (tertiary alicyclic amines) is 1. The third-order valence-corrected chi connectivity index (χ3v) is 11.4. The molecule has 2 aromatic rings. The Labute approximate surface area is 240 Å². The fourth-order valence-corrected chi connectivity index (χ4v) is 9.67. The minimum atomic E-state index is -3.47. The summed E-state index contributed by atoms with van der Waals surface area (Å²) in [6.07, 6.45) is 3.85. The second kappa shape index (κ2) is 10.8. The number of nitrogens with zero attached hydrogens (tertiary/aromatic N) is 3. The third-order valence-electron chi connectivity index (χ3n) is 8.95. The van der Waals surface area contributed by atoms with Crippen molar-refractivity contribution in [2.45, 2.75) is 62.6 Å². The first-order chi connectivity index (χ1) is 19.5. The summed E-state index contributed by atoms with van der Waals surface area (Å²) in [5.74, 6) is -0.950. The van der Waals surface area contributed by atoms with E-state index in [-0.39, 0.29) is 48.7 Å². The lowest BCUT2D eigenvalue weighted by molar-refractivity contribution is -0.149. The molecule has 0 saturated carbocycles. The van der Waals surface area contributed by atoms with Crippen molar-refractivity contribution in [1.29, 1.82) is 0 Å². The van der Waals surface area contributed by atoms with Crippen LogP contribution in [0, 0.1) is 5.92 Å². The van der Waals surface area contributed by atoms with Gasteiger partial charge >= 0.3 is 0 Å². The lowest BCUT2D eigenvalue weighted by atomic mass is 9.82. The van der Waals surface area contributed by atoms with Gasteiger partial charge in [-0.1, -0.05) is 13.0 Å². The van der Waals surface area contributed by atoms with E-state index in [0.29, 0.717) is 23.5 Å². The molecule has 0 bridgehead atoms. The number of halogens is 1. The summed E-state index contributed by atoms with van der Waals surface area (Å²) in [7, 11) is -2.05. The Kier molecular flexibility index (Phi) is 7.73. The molecule has 1 aromatic heterocycles. The van der Waals surface area contributed by atoms with Gasteiger partial charge in [-0.3, -0.25) is 19.0 Å². The summed E-state index contributed by atoms with van der Waals surface area (Å²) >= 11 is 0. The standard InChI is InChI=1S/C30H38FN3O6Si/c1-6-13-34-23-12-11-20(33-15-8-10-24(39-3)28(33)37)16-22(23)30(29(34)38)19(2)27(41(4,5)31)25(40-30)17-26(36)32-14-7-9-21(32)18-35/h6,8,10-12,15-16,19,21,25,27,35H,1,7,9,13-14,17-18H2,2-5H3/t19-,21-,25+,27-,30+/m0/s1. The van der Waals surface area contributed by atoms with E-state index in [0.717, 1.165) is 12.8 Å². The monoisotopic (exact) mass is 583 g/mol. The molecule has 2 saturated heterocycles. The highest BCUT2D eigenvalue weighted by atomic mass is 28.4. The highest BCUT2D eigenvalue weighted by Crippen LogP contribution is 2.60. The van der Waals surface area contributed by atoms with Crippen LogP contribution in [-0.2, 0) is 19.9 Å². The Balaban J connectivity index is 1.62. The third kappa shape index (κ3) is 4.63. The van der Waals surface area contributed by atoms with Crippen LogP contribution in [0.25, 0.3) is 5.69 Å². The van der Waals surface area contributed by atoms with Gasteiger partial charge in [0.25, 0.3) is 11.5 Å². The number of aliphatic hydroxyl groups is 1. The van der Waals surface area contributed by atoms with E-state index in [4.69, 9.17) is 9.47 Å². The van der Waals surface area contributed by atoms with Crippen LogP contribution in [0.5, 0.6) is 5.75 Å². The van der Waals surface area contributed by atoms with Crippen LogP contribution in [0.4, 0.5) is 9.80 Å². The Morgan fingerprint density at radius 2 is 2.07 bits per heavy atom. The van der Waals surface area contributed by atoms with Crippen molar-refractivity contribution in [1.82, 2.24) is 9.47 Å². The molecule has 41 heavy (non-hydrogen) atoms. The Bertz CT molecular complexity index is 1420. The second-order valence-electron chi connectivity index (χ2n) is 11.7. The van der Waals surface area contributed by atoms with Crippen LogP contribution in [-0.4, -0.2) is 73.7 Å². The van der Waals surface area contributed by atoms with Crippen molar-refractivity contribution in [2.75, 3.05) is 31.7 Å². The number of pyridine rings is 1. The fourth-order valence-electron chi connectivity index (χ4n) is 7.17. The quantitative estimate of drug-likeness (QED) is 0.290. The average molecular weight is 584 g/mol. The van der Waals surface area contributed by atoms with Gasteiger partial charge in [0.2, 0.25) is 14.3 Å². The number of fused-ring (bicyclic) bond motifs is 2. The van der Waals surface area contributed by atoms with Crippen molar-refractivity contribution in [3.63, 3.8) is 0 Å². The largest absolute Gasteiger partial charge is 0.491 e. The van der Waals surface area contributed by atoms with E-state index in [1.165, 1.54) is 11.7 Å². The van der Waals surface area contributed by atoms with E-state index in [2.05, 4.69) is 6.58 Å². The van der Waals surface area contributed by atoms with E-state index in [1.807, 2.05) is 6.92 Å². The van der Waals surface area contributed by atoms with Gasteiger partial charge in [-0.25, -0.2) is 0 Å². The van der Waals surface area contributed by atoms with E-state index >= 15 is 4.11 Å². The molecule has 220 valence electrons. The molecule has 5 atom stereocenters. The number of amides is 2. The van der Waals surface area contributed by atoms with Crippen LogP contribution < -0.4 is 15.2 Å². The second-order valence-corrected chi connectivity index (χ2v) is 15.5. The minimum absolute atomic E-state index is 0.0767. The van der Waals surface area contributed by atoms with Gasteiger partial charge in [0.05, 0.1) is 38.0 Å². The number of hydrogen-bond acceptors (Lipinski definition) is 6. The van der Waals surface area contributed by atoms with Gasteiger partial charge in [0.15, 0.2) is 11.4 Å². The molecule has 4 heterocycles. The van der Waals surface area contributed by atoms with Crippen molar-refractivity contribution in [3.8, 4) is 11.4 Å². The SMILES string of the molecule is C=CCN1C(=O)[C@]2(O[C@H](CC(=O)N3CCC[C@H]3CO)[C@@H]([Si](C)(C)F)[C@@H]2C)c2cc(-n3cccc(OC)c3=O)ccc21. The summed E-state index contributed by atoms with van der Waals surface area (Å²) in [6.45, 7) is 9.46. The maximum Gasteiger partial charge on any atom is 0.297 e. The molecule has 3 aliphatic rings. The Morgan fingerprint density at radius 1 is 1.32 bits per heavy atom. The van der Waals surface area contributed by atoms with Gasteiger partial charge in [-0.2, -0.15) is 0 Å². The molecular formula is C30H38FN3O6Si. The first kappa shape index (κ1) is 29.2. The van der Waals surface area contributed by atoms with Gasteiger partial charge in [-0.05, 0) is 56.3 Å². The number of carbonyl (C=O) groups excluding carboxylic acids is 2. The van der Waals surface area contributed by atoms with Crippen LogP contribution in [0.15, 0.2) is 54.0 Å². The van der Waals surface area contributed by atoms with Crippen LogP contribution in [0.1, 0.15) is 31.7 Å². The minimum Gasteiger partial charge on any atom is -0.491 e. The normalized spacial score (nSPS) is 27.5. The van der Waals surface area contributed by atoms with Crippen LogP contribution in [0.3, 0.4) is 0 Å². The Morgan fingerprint density at radius 3 is 2.73 bits per heavy atom. The summed E-state index contributed by atoms with van der Waals surface area (Å²) in [5, 5.41) is 9.76. The molecule has 0 radical (unpaired) electrons. The maximum absolute atomic E-state index is 16.1. The smallest absolute Gasteiger partial charge is 0.297 e. The van der Waals surface area contributed by atoms with Crippen molar-refractivity contribution >= 4 is 25.9 Å². The molecule has 2 fully saturated rings. The molecule has 1 aromatic carbocycles. The number of ether oxygens (including phenoxy) is 2. The number of aliphatic hydroxyl groups excluding tert-OH is 1. The molecular weight excluding hydrogens is 545 g/mol. The highest BCUT2D eigenvalue weighted by Gasteiger charge is 2.67. The van der Waals surface area contributed by atoms with Crippen LogP contribution >= 0.6 is 0 Å². The molecule has 1 N–H and O–H groups in total. The first-order valence-electron chi connectivity index (χ1n) is 14.1. The summed E-state index contributed by atoms with van der Waals surface area (Å²) in [6, 6.07) is 8.28. The number of methoxy groups -OCH3 is 1. The van der Waals surface area contributed by atoms with Gasteiger partial charge in [0.1, 0.15) is 0 Å². The maximum atomic E-state index is 16.1. The summed E-state index contributed by atoms with van der Waals surface area (Å²) in [5.41, 5.74) is -0.900. The van der Waals surface area contributed by atoms with Gasteiger partial charge < -0.3 is 28.5 Å². The predicted molar refractivity (Wildman–Crippen MR) is 156 cm³/mol. The number of hydrogen-bond donors (Lipinski definition) is 1. The fraction of sp³-hybridized carbons (Fsp3) is 0.500. The zero-order valence-corrected chi connectivity index (χ0v) is 25.0. The highest BCUT2D eigenvalue weighted by molar-refractivity contribution is 6.72. The van der Waals surface area contributed by atoms with Crippen LogP contribution in [0.2, 0.25) is 18.6 Å². The molecule has 2 amide bonds. The van der Waals surface area contributed by atoms with Crippen molar-refractivity contribution in [3.05, 3.63) is 65.1 Å². The molecule has 11 heteroatoms. The average Bonchev–Trinajstić information content (AvgIpc) is 3.59. The van der Waals surface area contributed by atoms with E-state index in [1.54, 1.807) is 65.5 Å². The number of aromatic nitrogens is 1. The molecule has 0 unspecified atom stereocenters. The molecule has 0 aliphatic carbocycles. The van der Waals surface area contributed by atoms with Gasteiger partial charge in [0, 0.05) is 42.0 Å². The summed E-state index contributed by atoms with van der Waals surface area (Å²) < 4.78 is 29.5.